The lowest BCUT2D eigenvalue weighted by Gasteiger charge is -2.09. The van der Waals surface area contributed by atoms with Crippen molar-refractivity contribution in [3.63, 3.8) is 0 Å². The van der Waals surface area contributed by atoms with Crippen LogP contribution < -0.4 is 0 Å². The lowest BCUT2D eigenvalue weighted by Crippen LogP contribution is -1.98. The van der Waals surface area contributed by atoms with E-state index in [1.54, 1.807) is 17.1 Å². The topological polar surface area (TPSA) is 31.0 Å². The molecule has 4 heteroatoms. The zero-order chi connectivity index (χ0) is 12.5. The van der Waals surface area contributed by atoms with E-state index < -0.39 is 0 Å². The van der Waals surface area contributed by atoms with Crippen LogP contribution in [-0.2, 0) is 0 Å². The van der Waals surface area contributed by atoms with E-state index >= 15 is 0 Å². The van der Waals surface area contributed by atoms with E-state index in [0.29, 0.717) is 5.02 Å². The summed E-state index contributed by atoms with van der Waals surface area (Å²) in [6, 6.07) is 9.48. The Balaban J connectivity index is 2.25. The number of para-hydroxylation sites is 1. The molecular formula is C14H11ClN2O. The summed E-state index contributed by atoms with van der Waals surface area (Å²) < 4.78 is 7.22. The molecule has 3 nitrogen and oxygen atoms in total. The van der Waals surface area contributed by atoms with Crippen LogP contribution in [0.2, 0.25) is 5.02 Å². The quantitative estimate of drug-likeness (QED) is 0.693. The molecule has 0 amide bonds. The zero-order valence-corrected chi connectivity index (χ0v) is 10.6. The fraction of sp³-hybridized carbons (Fsp3) is 0.0714. The molecule has 0 radical (unpaired) electrons. The summed E-state index contributed by atoms with van der Waals surface area (Å²) in [5.41, 5.74) is 2.85. The average Bonchev–Trinajstić information content (AvgIpc) is 2.99. The molecule has 0 unspecified atom stereocenters. The Morgan fingerprint density at radius 1 is 1.22 bits per heavy atom. The number of hydrogen-bond donors (Lipinski definition) is 0. The summed E-state index contributed by atoms with van der Waals surface area (Å²) in [6.45, 7) is 1.99. The van der Waals surface area contributed by atoms with Gasteiger partial charge in [0.2, 0.25) is 0 Å². The van der Waals surface area contributed by atoms with Crippen molar-refractivity contribution in [2.75, 3.05) is 0 Å². The molecule has 0 spiro atoms. The van der Waals surface area contributed by atoms with Crippen molar-refractivity contribution in [3.05, 3.63) is 59.6 Å². The van der Waals surface area contributed by atoms with Gasteiger partial charge in [-0.3, -0.25) is 0 Å². The molecule has 0 saturated carbocycles. The fourth-order valence-corrected chi connectivity index (χ4v) is 2.18. The lowest BCUT2D eigenvalue weighted by molar-refractivity contribution is 0.581. The van der Waals surface area contributed by atoms with Crippen LogP contribution in [0.5, 0.6) is 0 Å². The number of rotatable bonds is 2. The van der Waals surface area contributed by atoms with Crippen molar-refractivity contribution in [2.45, 2.75) is 6.92 Å². The lowest BCUT2D eigenvalue weighted by atomic mass is 10.1. The summed E-state index contributed by atoms with van der Waals surface area (Å²) in [7, 11) is 0. The highest BCUT2D eigenvalue weighted by Gasteiger charge is 2.13. The van der Waals surface area contributed by atoms with Crippen molar-refractivity contribution in [2.24, 2.45) is 0 Å². The molecule has 0 aliphatic rings. The number of furan rings is 1. The second-order valence-electron chi connectivity index (χ2n) is 4.08. The maximum atomic E-state index is 6.29. The monoisotopic (exact) mass is 258 g/mol. The van der Waals surface area contributed by atoms with Gasteiger partial charge in [-0.25, -0.2) is 4.68 Å². The third-order valence-electron chi connectivity index (χ3n) is 2.71. The van der Waals surface area contributed by atoms with Crippen molar-refractivity contribution < 1.29 is 4.42 Å². The maximum absolute atomic E-state index is 6.29. The van der Waals surface area contributed by atoms with Gasteiger partial charge >= 0.3 is 0 Å². The Hall–Kier alpha value is -2.00. The molecule has 0 bridgehead atoms. The number of aryl methyl sites for hydroxylation is 1. The first-order valence-corrected chi connectivity index (χ1v) is 5.97. The number of nitrogens with zero attached hydrogens (tertiary/aromatic N) is 2. The Labute approximate surface area is 110 Å². The van der Waals surface area contributed by atoms with Crippen LogP contribution in [0.25, 0.3) is 17.0 Å². The van der Waals surface area contributed by atoms with Crippen LogP contribution in [0, 0.1) is 6.92 Å². The van der Waals surface area contributed by atoms with E-state index in [2.05, 4.69) is 5.10 Å². The minimum absolute atomic E-state index is 0.645. The van der Waals surface area contributed by atoms with Crippen LogP contribution >= 0.6 is 11.6 Å². The highest BCUT2D eigenvalue weighted by atomic mass is 35.5. The first-order valence-electron chi connectivity index (χ1n) is 5.60. The first kappa shape index (κ1) is 11.1. The Morgan fingerprint density at radius 2 is 2.11 bits per heavy atom. The van der Waals surface area contributed by atoms with Gasteiger partial charge in [0.25, 0.3) is 0 Å². The molecule has 0 aliphatic heterocycles. The number of hydrogen-bond acceptors (Lipinski definition) is 2. The molecular weight excluding hydrogens is 248 g/mol. The summed E-state index contributed by atoms with van der Waals surface area (Å²) in [5.74, 6) is 0.778. The second-order valence-corrected chi connectivity index (χ2v) is 4.48. The number of halogens is 1. The maximum Gasteiger partial charge on any atom is 0.136 e. The van der Waals surface area contributed by atoms with Crippen molar-refractivity contribution in [1.29, 1.82) is 0 Å². The third kappa shape index (κ3) is 1.83. The van der Waals surface area contributed by atoms with Gasteiger partial charge in [-0.15, -0.1) is 0 Å². The van der Waals surface area contributed by atoms with Crippen molar-refractivity contribution in [3.8, 4) is 17.0 Å². The van der Waals surface area contributed by atoms with Gasteiger partial charge in [0.05, 0.1) is 23.2 Å². The van der Waals surface area contributed by atoms with E-state index in [1.165, 1.54) is 0 Å². The zero-order valence-electron chi connectivity index (χ0n) is 9.80. The van der Waals surface area contributed by atoms with Gasteiger partial charge in [0, 0.05) is 11.8 Å². The molecule has 90 valence electrons. The Kier molecular flexibility index (Phi) is 2.68. The molecule has 0 aliphatic carbocycles. The molecule has 0 N–H and O–H groups in total. The van der Waals surface area contributed by atoms with Gasteiger partial charge in [0.1, 0.15) is 5.76 Å². The highest BCUT2D eigenvalue weighted by Crippen LogP contribution is 2.32. The van der Waals surface area contributed by atoms with Crippen LogP contribution in [0.1, 0.15) is 5.56 Å². The minimum atomic E-state index is 0.645. The number of aromatic nitrogens is 2. The highest BCUT2D eigenvalue weighted by molar-refractivity contribution is 6.33. The summed E-state index contributed by atoms with van der Waals surface area (Å²) in [4.78, 5) is 0. The molecule has 3 aromatic rings. The van der Waals surface area contributed by atoms with Crippen LogP contribution in [0.15, 0.2) is 53.4 Å². The minimum Gasteiger partial charge on any atom is -0.464 e. The van der Waals surface area contributed by atoms with Gasteiger partial charge in [-0.1, -0.05) is 17.7 Å². The Morgan fingerprint density at radius 3 is 2.78 bits per heavy atom. The van der Waals surface area contributed by atoms with Crippen molar-refractivity contribution in [1.82, 2.24) is 9.78 Å². The molecule has 2 heterocycles. The van der Waals surface area contributed by atoms with Gasteiger partial charge in [-0.2, -0.15) is 5.10 Å². The second kappa shape index (κ2) is 4.35. The molecule has 0 fully saturated rings. The average molecular weight is 259 g/mol. The first-order chi connectivity index (χ1) is 8.75. The normalized spacial score (nSPS) is 10.8. The molecule has 18 heavy (non-hydrogen) atoms. The van der Waals surface area contributed by atoms with E-state index in [1.807, 2.05) is 43.5 Å². The fourth-order valence-electron chi connectivity index (χ4n) is 1.91. The van der Waals surface area contributed by atoms with Gasteiger partial charge in [0.15, 0.2) is 0 Å². The number of benzene rings is 1. The van der Waals surface area contributed by atoms with Crippen molar-refractivity contribution >= 4 is 11.6 Å². The molecule has 3 rings (SSSR count). The van der Waals surface area contributed by atoms with Crippen LogP contribution in [0.3, 0.4) is 0 Å². The van der Waals surface area contributed by atoms with Crippen LogP contribution in [-0.4, -0.2) is 9.78 Å². The van der Waals surface area contributed by atoms with E-state index in [9.17, 15) is 0 Å². The molecule has 0 atom stereocenters. The largest absolute Gasteiger partial charge is 0.464 e. The summed E-state index contributed by atoms with van der Waals surface area (Å²) in [5, 5.41) is 4.95. The van der Waals surface area contributed by atoms with E-state index in [-0.39, 0.29) is 0 Å². The predicted molar refractivity (Wildman–Crippen MR) is 71.0 cm³/mol. The van der Waals surface area contributed by atoms with Gasteiger partial charge in [-0.05, 0) is 36.8 Å². The standard InChI is InChI=1S/C14H11ClN2O/c1-10-8-16-17(9-10)14-11(4-2-5-12(14)15)13-6-3-7-18-13/h2-9H,1H3. The van der Waals surface area contributed by atoms with Crippen LogP contribution in [0.4, 0.5) is 0 Å². The Bertz CT molecular complexity index is 671. The van der Waals surface area contributed by atoms with Gasteiger partial charge < -0.3 is 4.42 Å². The summed E-state index contributed by atoms with van der Waals surface area (Å²) >= 11 is 6.29. The SMILES string of the molecule is Cc1cnn(-c2c(Cl)cccc2-c2ccco2)c1. The summed E-state index contributed by atoms with van der Waals surface area (Å²) in [6.07, 6.45) is 5.39. The smallest absolute Gasteiger partial charge is 0.136 e. The molecule has 2 aromatic heterocycles. The van der Waals surface area contributed by atoms with E-state index in [4.69, 9.17) is 16.0 Å². The predicted octanol–water partition coefficient (Wildman–Crippen LogP) is 4.09. The molecule has 1 aromatic carbocycles. The van der Waals surface area contributed by atoms with E-state index in [0.717, 1.165) is 22.6 Å². The molecule has 0 saturated heterocycles. The third-order valence-corrected chi connectivity index (χ3v) is 3.02.